The third-order valence-electron chi connectivity index (χ3n) is 3.46. The van der Waals surface area contributed by atoms with Gasteiger partial charge in [0.05, 0.1) is 11.9 Å². The quantitative estimate of drug-likeness (QED) is 0.799. The number of anilines is 1. The van der Waals surface area contributed by atoms with Gasteiger partial charge in [-0.2, -0.15) is 13.2 Å². The van der Waals surface area contributed by atoms with Gasteiger partial charge in [0.25, 0.3) is 0 Å². The van der Waals surface area contributed by atoms with Crippen LogP contribution in [0.25, 0.3) is 11.2 Å². The molecule has 23 heavy (non-hydrogen) atoms. The minimum absolute atomic E-state index is 0.217. The summed E-state index contributed by atoms with van der Waals surface area (Å²) >= 11 is 0. The van der Waals surface area contributed by atoms with Gasteiger partial charge in [-0.3, -0.25) is 0 Å². The van der Waals surface area contributed by atoms with E-state index in [1.165, 1.54) is 12.4 Å². The smallest absolute Gasteiger partial charge is 0.364 e. The van der Waals surface area contributed by atoms with Crippen LogP contribution in [0.5, 0.6) is 0 Å². The van der Waals surface area contributed by atoms with Gasteiger partial charge < -0.3 is 9.88 Å². The number of rotatable bonds is 4. The Morgan fingerprint density at radius 3 is 2.74 bits per heavy atom. The van der Waals surface area contributed by atoms with Crippen molar-refractivity contribution in [2.45, 2.75) is 26.2 Å². The summed E-state index contributed by atoms with van der Waals surface area (Å²) < 4.78 is 40.0. The molecule has 3 rings (SSSR count). The van der Waals surface area contributed by atoms with Gasteiger partial charge in [-0.15, -0.1) is 0 Å². The molecule has 2 aromatic heterocycles. The predicted octanol–water partition coefficient (Wildman–Crippen LogP) is 3.48. The first kappa shape index (κ1) is 15.3. The molecule has 0 amide bonds. The summed E-state index contributed by atoms with van der Waals surface area (Å²) in [5, 5.41) is 3.03. The number of hydrogen-bond acceptors (Lipinski definition) is 4. The van der Waals surface area contributed by atoms with E-state index in [0.717, 1.165) is 18.7 Å². The summed E-state index contributed by atoms with van der Waals surface area (Å²) in [7, 11) is 0. The Morgan fingerprint density at radius 2 is 2.00 bits per heavy atom. The van der Waals surface area contributed by atoms with E-state index in [9.17, 15) is 13.2 Å². The first-order valence-corrected chi connectivity index (χ1v) is 7.05. The summed E-state index contributed by atoms with van der Waals surface area (Å²) in [5.74, 6) is 0.500. The lowest BCUT2D eigenvalue weighted by Gasteiger charge is -2.10. The Morgan fingerprint density at radius 1 is 1.17 bits per heavy atom. The van der Waals surface area contributed by atoms with Crippen molar-refractivity contribution in [1.82, 2.24) is 19.5 Å². The van der Waals surface area contributed by atoms with Crippen LogP contribution in [0.1, 0.15) is 18.1 Å². The monoisotopic (exact) mass is 321 g/mol. The summed E-state index contributed by atoms with van der Waals surface area (Å²) in [6, 6.07) is 5.19. The van der Waals surface area contributed by atoms with Crippen molar-refractivity contribution in [2.75, 3.05) is 5.32 Å². The highest BCUT2D eigenvalue weighted by atomic mass is 19.4. The normalized spacial score (nSPS) is 11.8. The van der Waals surface area contributed by atoms with Crippen molar-refractivity contribution >= 4 is 17.0 Å². The van der Waals surface area contributed by atoms with Crippen LogP contribution in [-0.2, 0) is 19.3 Å². The van der Waals surface area contributed by atoms with Gasteiger partial charge in [-0.1, -0.05) is 12.1 Å². The largest absolute Gasteiger partial charge is 0.416 e. The molecule has 0 aliphatic heterocycles. The first-order chi connectivity index (χ1) is 11.0. The Kier molecular flexibility index (Phi) is 3.89. The number of hydrogen-bond donors (Lipinski definition) is 1. The maximum atomic E-state index is 12.7. The number of alkyl halides is 3. The average Bonchev–Trinajstić information content (AvgIpc) is 2.96. The third-order valence-corrected chi connectivity index (χ3v) is 3.46. The van der Waals surface area contributed by atoms with E-state index in [-0.39, 0.29) is 6.54 Å². The highest BCUT2D eigenvalue weighted by Crippen LogP contribution is 2.29. The van der Waals surface area contributed by atoms with Crippen molar-refractivity contribution in [1.29, 1.82) is 0 Å². The molecule has 0 fully saturated rings. The molecule has 0 saturated heterocycles. The molecule has 1 aromatic carbocycles. The third kappa shape index (κ3) is 3.10. The number of halogens is 3. The lowest BCUT2D eigenvalue weighted by molar-refractivity contribution is -0.137. The Labute approximate surface area is 130 Å². The SMILES string of the molecule is CCn1cnc2c(NCc3cccc(C(F)(F)F)c3)ncnc21. The zero-order chi connectivity index (χ0) is 16.4. The molecule has 1 N–H and O–H groups in total. The second kappa shape index (κ2) is 5.86. The fourth-order valence-electron chi connectivity index (χ4n) is 2.28. The zero-order valence-electron chi connectivity index (χ0n) is 12.3. The molecule has 0 saturated carbocycles. The van der Waals surface area contributed by atoms with Gasteiger partial charge in [-0.25, -0.2) is 15.0 Å². The fraction of sp³-hybridized carbons (Fsp3) is 0.267. The van der Waals surface area contributed by atoms with Crippen LogP contribution in [0.15, 0.2) is 36.9 Å². The molecular weight excluding hydrogens is 307 g/mol. The van der Waals surface area contributed by atoms with Gasteiger partial charge in [-0.05, 0) is 24.6 Å². The van der Waals surface area contributed by atoms with Crippen LogP contribution in [0.4, 0.5) is 19.0 Å². The van der Waals surface area contributed by atoms with Crippen LogP contribution >= 0.6 is 0 Å². The van der Waals surface area contributed by atoms with Crippen molar-refractivity contribution in [3.63, 3.8) is 0 Å². The van der Waals surface area contributed by atoms with Gasteiger partial charge in [0, 0.05) is 13.1 Å². The summed E-state index contributed by atoms with van der Waals surface area (Å²) in [5.41, 5.74) is 1.14. The van der Waals surface area contributed by atoms with E-state index in [1.807, 2.05) is 11.5 Å². The lowest BCUT2D eigenvalue weighted by atomic mass is 10.1. The van der Waals surface area contributed by atoms with Gasteiger partial charge in [0.15, 0.2) is 11.5 Å². The van der Waals surface area contributed by atoms with Crippen LogP contribution in [0.3, 0.4) is 0 Å². The summed E-state index contributed by atoms with van der Waals surface area (Å²) in [6.45, 7) is 2.91. The van der Waals surface area contributed by atoms with Gasteiger partial charge >= 0.3 is 6.18 Å². The molecule has 0 radical (unpaired) electrons. The molecule has 2 heterocycles. The van der Waals surface area contributed by atoms with E-state index < -0.39 is 11.7 Å². The second-order valence-corrected chi connectivity index (χ2v) is 4.98. The molecular formula is C15H14F3N5. The van der Waals surface area contributed by atoms with Crippen molar-refractivity contribution in [3.8, 4) is 0 Å². The summed E-state index contributed by atoms with van der Waals surface area (Å²) in [4.78, 5) is 12.5. The maximum Gasteiger partial charge on any atom is 0.416 e. The van der Waals surface area contributed by atoms with E-state index in [2.05, 4.69) is 20.3 Å². The zero-order valence-corrected chi connectivity index (χ0v) is 12.3. The number of benzene rings is 1. The van der Waals surface area contributed by atoms with Crippen LogP contribution < -0.4 is 5.32 Å². The molecule has 8 heteroatoms. The number of nitrogens with zero attached hydrogens (tertiary/aromatic N) is 4. The fourth-order valence-corrected chi connectivity index (χ4v) is 2.28. The Balaban J connectivity index is 1.83. The standard InChI is InChI=1S/C15H14F3N5/c1-2-23-9-22-12-13(20-8-21-14(12)23)19-7-10-4-3-5-11(6-10)15(16,17)18/h3-6,8-9H,2,7H2,1H3,(H,19,20,21). The molecule has 0 unspecified atom stereocenters. The summed E-state index contributed by atoms with van der Waals surface area (Å²) in [6.07, 6.45) is -1.28. The average molecular weight is 321 g/mol. The maximum absolute atomic E-state index is 12.7. The van der Waals surface area contributed by atoms with E-state index in [4.69, 9.17) is 0 Å². The molecule has 0 aliphatic rings. The Bertz CT molecular complexity index is 825. The molecule has 5 nitrogen and oxygen atoms in total. The van der Waals surface area contributed by atoms with E-state index in [0.29, 0.717) is 22.5 Å². The Hall–Kier alpha value is -2.64. The number of nitrogens with one attached hydrogen (secondary N) is 1. The number of aryl methyl sites for hydroxylation is 1. The molecule has 0 aliphatic carbocycles. The van der Waals surface area contributed by atoms with Crippen molar-refractivity contribution in [2.24, 2.45) is 0 Å². The highest BCUT2D eigenvalue weighted by Gasteiger charge is 2.30. The minimum atomic E-state index is -4.35. The lowest BCUT2D eigenvalue weighted by Crippen LogP contribution is -2.07. The number of imidazole rings is 1. The molecule has 0 atom stereocenters. The number of fused-ring (bicyclic) bond motifs is 1. The topological polar surface area (TPSA) is 55.6 Å². The van der Waals surface area contributed by atoms with Gasteiger partial charge in [0.1, 0.15) is 11.8 Å². The molecule has 0 spiro atoms. The molecule has 120 valence electrons. The minimum Gasteiger partial charge on any atom is -0.364 e. The van der Waals surface area contributed by atoms with Crippen molar-refractivity contribution in [3.05, 3.63) is 48.0 Å². The predicted molar refractivity (Wildman–Crippen MR) is 79.8 cm³/mol. The number of aromatic nitrogens is 4. The second-order valence-electron chi connectivity index (χ2n) is 4.98. The molecule has 3 aromatic rings. The van der Waals surface area contributed by atoms with Crippen LogP contribution in [0, 0.1) is 0 Å². The van der Waals surface area contributed by atoms with E-state index in [1.54, 1.807) is 12.4 Å². The highest BCUT2D eigenvalue weighted by molar-refractivity contribution is 5.82. The molecule has 0 bridgehead atoms. The van der Waals surface area contributed by atoms with Crippen molar-refractivity contribution < 1.29 is 13.2 Å². The van der Waals surface area contributed by atoms with Crippen LogP contribution in [-0.4, -0.2) is 19.5 Å². The first-order valence-electron chi connectivity index (χ1n) is 7.05. The van der Waals surface area contributed by atoms with Crippen LogP contribution in [0.2, 0.25) is 0 Å². The van der Waals surface area contributed by atoms with E-state index >= 15 is 0 Å². The van der Waals surface area contributed by atoms with Gasteiger partial charge in [0.2, 0.25) is 0 Å².